The SMILES string of the molecule is CCOC(=O)NC(=O)COC(=O)[C@H](Cc1ccccc1)NC(=O)c1cccs1. The topological polar surface area (TPSA) is 111 Å². The molecule has 8 nitrogen and oxygen atoms in total. The third kappa shape index (κ3) is 6.84. The summed E-state index contributed by atoms with van der Waals surface area (Å²) in [7, 11) is 0. The van der Waals surface area contributed by atoms with Gasteiger partial charge in [-0.1, -0.05) is 36.4 Å². The molecule has 1 heterocycles. The van der Waals surface area contributed by atoms with Gasteiger partial charge < -0.3 is 14.8 Å². The van der Waals surface area contributed by atoms with Crippen molar-refractivity contribution in [2.75, 3.05) is 13.2 Å². The van der Waals surface area contributed by atoms with E-state index in [-0.39, 0.29) is 13.0 Å². The Hall–Kier alpha value is -3.20. The lowest BCUT2D eigenvalue weighted by Crippen LogP contribution is -2.44. The van der Waals surface area contributed by atoms with Gasteiger partial charge in [0.25, 0.3) is 11.8 Å². The molecule has 3 amide bonds. The number of hydrogen-bond acceptors (Lipinski definition) is 7. The molecule has 28 heavy (non-hydrogen) atoms. The van der Waals surface area contributed by atoms with Crippen LogP contribution in [0.5, 0.6) is 0 Å². The molecule has 148 valence electrons. The fourth-order valence-corrected chi connectivity index (χ4v) is 2.86. The van der Waals surface area contributed by atoms with Crippen molar-refractivity contribution in [3.63, 3.8) is 0 Å². The van der Waals surface area contributed by atoms with Crippen molar-refractivity contribution in [3.05, 3.63) is 58.3 Å². The summed E-state index contributed by atoms with van der Waals surface area (Å²) >= 11 is 1.24. The van der Waals surface area contributed by atoms with E-state index in [1.807, 2.05) is 35.6 Å². The zero-order valence-corrected chi connectivity index (χ0v) is 16.0. The van der Waals surface area contributed by atoms with Crippen LogP contribution in [-0.2, 0) is 25.5 Å². The molecule has 2 N–H and O–H groups in total. The Labute approximate surface area is 165 Å². The Morgan fingerprint density at radius 2 is 1.79 bits per heavy atom. The summed E-state index contributed by atoms with van der Waals surface area (Å²) < 4.78 is 9.54. The molecule has 0 radical (unpaired) electrons. The molecule has 0 bridgehead atoms. The highest BCUT2D eigenvalue weighted by molar-refractivity contribution is 7.12. The van der Waals surface area contributed by atoms with Crippen molar-refractivity contribution in [1.29, 1.82) is 0 Å². The molecule has 1 atom stereocenters. The highest BCUT2D eigenvalue weighted by Crippen LogP contribution is 2.10. The largest absolute Gasteiger partial charge is 0.454 e. The van der Waals surface area contributed by atoms with Gasteiger partial charge in [0.2, 0.25) is 0 Å². The molecule has 0 fully saturated rings. The third-order valence-corrected chi connectivity index (χ3v) is 4.35. The van der Waals surface area contributed by atoms with E-state index >= 15 is 0 Å². The quantitative estimate of drug-likeness (QED) is 0.650. The fraction of sp³-hybridized carbons (Fsp3) is 0.263. The molecular weight excluding hydrogens is 384 g/mol. The van der Waals surface area contributed by atoms with E-state index < -0.39 is 36.5 Å². The number of ether oxygens (including phenoxy) is 2. The second-order valence-electron chi connectivity index (χ2n) is 5.57. The molecule has 0 unspecified atom stereocenters. The van der Waals surface area contributed by atoms with Crippen molar-refractivity contribution in [2.24, 2.45) is 0 Å². The highest BCUT2D eigenvalue weighted by Gasteiger charge is 2.25. The van der Waals surface area contributed by atoms with Gasteiger partial charge in [0.05, 0.1) is 11.5 Å². The van der Waals surface area contributed by atoms with E-state index in [4.69, 9.17) is 4.74 Å². The molecule has 2 rings (SSSR count). The first-order valence-electron chi connectivity index (χ1n) is 8.51. The van der Waals surface area contributed by atoms with Crippen LogP contribution in [0.15, 0.2) is 47.8 Å². The minimum atomic E-state index is -0.993. The molecule has 1 aromatic heterocycles. The van der Waals surface area contributed by atoms with Crippen LogP contribution in [-0.4, -0.2) is 43.1 Å². The van der Waals surface area contributed by atoms with Crippen LogP contribution in [0.25, 0.3) is 0 Å². The standard InChI is InChI=1S/C19H20N2O6S/c1-2-26-19(25)21-16(22)12-27-18(24)14(11-13-7-4-3-5-8-13)20-17(23)15-9-6-10-28-15/h3-10,14H,2,11-12H2,1H3,(H,20,23)(H,21,22,25)/t14-/m0/s1. The number of hydrogen-bond donors (Lipinski definition) is 2. The van der Waals surface area contributed by atoms with Crippen LogP contribution >= 0.6 is 11.3 Å². The molecule has 0 saturated carbocycles. The Kier molecular flexibility index (Phi) is 8.16. The average molecular weight is 404 g/mol. The second-order valence-corrected chi connectivity index (χ2v) is 6.52. The zero-order valence-electron chi connectivity index (χ0n) is 15.2. The monoisotopic (exact) mass is 404 g/mol. The van der Waals surface area contributed by atoms with E-state index in [1.54, 1.807) is 24.4 Å². The minimum absolute atomic E-state index is 0.104. The van der Waals surface area contributed by atoms with E-state index in [0.717, 1.165) is 5.56 Å². The van der Waals surface area contributed by atoms with Gasteiger partial charge in [-0.15, -0.1) is 11.3 Å². The normalized spacial score (nSPS) is 11.2. The van der Waals surface area contributed by atoms with Gasteiger partial charge in [-0.25, -0.2) is 9.59 Å². The van der Waals surface area contributed by atoms with Crippen molar-refractivity contribution in [2.45, 2.75) is 19.4 Å². The Bertz CT molecular complexity index is 807. The van der Waals surface area contributed by atoms with Crippen LogP contribution in [0.1, 0.15) is 22.2 Å². The molecule has 9 heteroatoms. The van der Waals surface area contributed by atoms with E-state index in [2.05, 4.69) is 10.1 Å². The maximum atomic E-state index is 12.4. The van der Waals surface area contributed by atoms with Gasteiger partial charge in [0, 0.05) is 6.42 Å². The molecule has 0 aliphatic rings. The zero-order chi connectivity index (χ0) is 20.4. The fourth-order valence-electron chi connectivity index (χ4n) is 2.23. The summed E-state index contributed by atoms with van der Waals surface area (Å²) in [6.45, 7) is 1.03. The van der Waals surface area contributed by atoms with Gasteiger partial charge in [-0.05, 0) is 23.9 Å². The van der Waals surface area contributed by atoms with E-state index in [0.29, 0.717) is 4.88 Å². The number of alkyl carbamates (subject to hydrolysis) is 1. The lowest BCUT2D eigenvalue weighted by Gasteiger charge is -2.17. The number of carbonyl (C=O) groups excluding carboxylic acids is 4. The first-order valence-corrected chi connectivity index (χ1v) is 9.39. The number of imide groups is 1. The van der Waals surface area contributed by atoms with Crippen molar-refractivity contribution < 1.29 is 28.7 Å². The first-order chi connectivity index (χ1) is 13.5. The number of esters is 1. The van der Waals surface area contributed by atoms with Crippen LogP contribution in [0.4, 0.5) is 4.79 Å². The molecule has 0 spiro atoms. The number of nitrogens with one attached hydrogen (secondary N) is 2. The summed E-state index contributed by atoms with van der Waals surface area (Å²) in [5, 5.41) is 6.30. The van der Waals surface area contributed by atoms with Gasteiger partial charge in [-0.2, -0.15) is 0 Å². The van der Waals surface area contributed by atoms with Crippen LogP contribution in [0, 0.1) is 0 Å². The van der Waals surface area contributed by atoms with Crippen molar-refractivity contribution in [1.82, 2.24) is 10.6 Å². The van der Waals surface area contributed by atoms with Crippen LogP contribution in [0.2, 0.25) is 0 Å². The number of amides is 3. The summed E-state index contributed by atoms with van der Waals surface area (Å²) in [5.41, 5.74) is 0.812. The predicted molar refractivity (Wildman–Crippen MR) is 102 cm³/mol. The number of thiophene rings is 1. The maximum absolute atomic E-state index is 12.4. The first kappa shape index (κ1) is 21.1. The lowest BCUT2D eigenvalue weighted by atomic mass is 10.1. The van der Waals surface area contributed by atoms with Gasteiger partial charge in [0.15, 0.2) is 6.61 Å². The Morgan fingerprint density at radius 3 is 2.43 bits per heavy atom. The smallest absolute Gasteiger partial charge is 0.413 e. The van der Waals surface area contributed by atoms with E-state index in [1.165, 1.54) is 11.3 Å². The number of benzene rings is 1. The number of carbonyl (C=O) groups is 4. The van der Waals surface area contributed by atoms with Crippen LogP contribution in [0.3, 0.4) is 0 Å². The van der Waals surface area contributed by atoms with Crippen molar-refractivity contribution >= 4 is 35.2 Å². The lowest BCUT2D eigenvalue weighted by molar-refractivity contribution is -0.150. The van der Waals surface area contributed by atoms with E-state index in [9.17, 15) is 19.2 Å². The number of rotatable bonds is 8. The van der Waals surface area contributed by atoms with Gasteiger partial charge in [-0.3, -0.25) is 14.9 Å². The Balaban J connectivity index is 1.98. The summed E-state index contributed by atoms with van der Waals surface area (Å²) in [6, 6.07) is 11.4. The summed E-state index contributed by atoms with van der Waals surface area (Å²) in [6.07, 6.45) is -0.730. The highest BCUT2D eigenvalue weighted by atomic mass is 32.1. The summed E-state index contributed by atoms with van der Waals surface area (Å²) in [5.74, 6) is -2.02. The third-order valence-electron chi connectivity index (χ3n) is 3.48. The van der Waals surface area contributed by atoms with Crippen molar-refractivity contribution in [3.8, 4) is 0 Å². The maximum Gasteiger partial charge on any atom is 0.413 e. The predicted octanol–water partition coefficient (Wildman–Crippen LogP) is 1.91. The minimum Gasteiger partial charge on any atom is -0.454 e. The molecule has 0 aliphatic heterocycles. The molecular formula is C19H20N2O6S. The van der Waals surface area contributed by atoms with Gasteiger partial charge in [0.1, 0.15) is 6.04 Å². The molecule has 0 aliphatic carbocycles. The van der Waals surface area contributed by atoms with Gasteiger partial charge >= 0.3 is 12.1 Å². The molecule has 2 aromatic rings. The summed E-state index contributed by atoms with van der Waals surface area (Å²) in [4.78, 5) is 48.1. The molecule has 0 saturated heterocycles. The van der Waals surface area contributed by atoms with Crippen LogP contribution < -0.4 is 10.6 Å². The average Bonchev–Trinajstić information content (AvgIpc) is 3.21. The molecule has 1 aromatic carbocycles. The Morgan fingerprint density at radius 1 is 1.04 bits per heavy atom. The second kappa shape index (κ2) is 10.8.